The number of carbonyl (C=O) groups excluding carboxylic acids is 1. The van der Waals surface area contributed by atoms with E-state index < -0.39 is 11.7 Å². The summed E-state index contributed by atoms with van der Waals surface area (Å²) in [5, 5.41) is 13.9. The highest BCUT2D eigenvalue weighted by Gasteiger charge is 2.16. The summed E-state index contributed by atoms with van der Waals surface area (Å²) in [7, 11) is 0. The zero-order chi connectivity index (χ0) is 12.9. The normalized spacial score (nSPS) is 11.5. The van der Waals surface area contributed by atoms with E-state index in [2.05, 4.69) is 15.5 Å². The summed E-state index contributed by atoms with van der Waals surface area (Å²) in [5.74, 6) is 0. The Morgan fingerprint density at radius 1 is 1.59 bits per heavy atom. The Morgan fingerprint density at radius 3 is 2.88 bits per heavy atom. The van der Waals surface area contributed by atoms with Gasteiger partial charge in [-0.25, -0.2) is 4.79 Å². The lowest BCUT2D eigenvalue weighted by atomic mass is 10.2. The van der Waals surface area contributed by atoms with Crippen molar-refractivity contribution < 1.29 is 14.7 Å². The molecule has 2 N–H and O–H groups in total. The average Bonchev–Trinajstić information content (AvgIpc) is 2.18. The molecule has 0 bridgehead atoms. The Kier molecular flexibility index (Phi) is 4.03. The number of aromatic nitrogens is 1. The van der Waals surface area contributed by atoms with E-state index in [0.29, 0.717) is 11.3 Å². The van der Waals surface area contributed by atoms with E-state index in [0.717, 1.165) is 0 Å². The Morgan fingerprint density at radius 2 is 2.29 bits per heavy atom. The minimum Gasteiger partial charge on any atom is -0.444 e. The molecule has 0 saturated carbocycles. The van der Waals surface area contributed by atoms with Gasteiger partial charge in [-0.1, -0.05) is 5.16 Å². The van der Waals surface area contributed by atoms with Crippen LogP contribution >= 0.6 is 0 Å². The Bertz CT molecular complexity index is 424. The van der Waals surface area contributed by atoms with Gasteiger partial charge in [0.2, 0.25) is 0 Å². The number of carbonyl (C=O) groups is 1. The summed E-state index contributed by atoms with van der Waals surface area (Å²) < 4.78 is 5.09. The van der Waals surface area contributed by atoms with Crippen LogP contribution in [0.1, 0.15) is 26.3 Å². The number of nitrogens with one attached hydrogen (secondary N) is 1. The van der Waals surface area contributed by atoms with Gasteiger partial charge in [0, 0.05) is 11.8 Å². The van der Waals surface area contributed by atoms with Crippen molar-refractivity contribution in [2.45, 2.75) is 26.4 Å². The summed E-state index contributed by atoms with van der Waals surface area (Å²) in [6.07, 6.45) is 3.59. The predicted octanol–water partition coefficient (Wildman–Crippen LogP) is 2.24. The van der Waals surface area contributed by atoms with Crippen molar-refractivity contribution in [2.24, 2.45) is 5.16 Å². The lowest BCUT2D eigenvalue weighted by Gasteiger charge is -2.19. The zero-order valence-corrected chi connectivity index (χ0v) is 9.97. The van der Waals surface area contributed by atoms with Gasteiger partial charge in [0.25, 0.3) is 0 Å². The molecular formula is C11H15N3O3. The van der Waals surface area contributed by atoms with Crippen LogP contribution in [0.2, 0.25) is 0 Å². The maximum absolute atomic E-state index is 11.5. The second-order valence-corrected chi connectivity index (χ2v) is 4.33. The van der Waals surface area contributed by atoms with Gasteiger partial charge in [0.15, 0.2) is 0 Å². The van der Waals surface area contributed by atoms with Crippen LogP contribution in [0.4, 0.5) is 10.5 Å². The van der Waals surface area contributed by atoms with E-state index in [1.165, 1.54) is 18.6 Å². The largest absolute Gasteiger partial charge is 0.444 e. The van der Waals surface area contributed by atoms with Gasteiger partial charge in [-0.05, 0) is 26.8 Å². The Hall–Kier alpha value is -2.11. The lowest BCUT2D eigenvalue weighted by Crippen LogP contribution is -2.27. The van der Waals surface area contributed by atoms with Gasteiger partial charge >= 0.3 is 6.09 Å². The fraction of sp³-hybridized carbons (Fsp3) is 0.364. The second-order valence-electron chi connectivity index (χ2n) is 4.33. The van der Waals surface area contributed by atoms with E-state index in [1.807, 2.05) is 0 Å². The molecule has 0 aliphatic carbocycles. The van der Waals surface area contributed by atoms with Crippen molar-refractivity contribution in [1.82, 2.24) is 4.98 Å². The third-order valence-corrected chi connectivity index (χ3v) is 1.69. The number of nitrogens with zero attached hydrogens (tertiary/aromatic N) is 2. The molecule has 1 amide bonds. The van der Waals surface area contributed by atoms with Gasteiger partial charge in [-0.3, -0.25) is 10.3 Å². The van der Waals surface area contributed by atoms with E-state index in [4.69, 9.17) is 9.94 Å². The standard InChI is InChI=1S/C11H15N3O3/c1-11(2,3)17-10(15)14-9-7-12-5-4-8(9)6-13-16/h4-7,16H,1-3H3,(H,14,15)/b13-6+. The SMILES string of the molecule is CC(C)(C)OC(=O)Nc1cnccc1/C=N/O. The minimum atomic E-state index is -0.585. The van der Waals surface area contributed by atoms with E-state index >= 15 is 0 Å². The molecule has 0 aromatic carbocycles. The Balaban J connectivity index is 2.78. The molecule has 1 aromatic heterocycles. The third-order valence-electron chi connectivity index (χ3n) is 1.69. The molecule has 6 nitrogen and oxygen atoms in total. The van der Waals surface area contributed by atoms with Gasteiger partial charge in [-0.15, -0.1) is 0 Å². The summed E-state index contributed by atoms with van der Waals surface area (Å²) >= 11 is 0. The monoisotopic (exact) mass is 237 g/mol. The first-order valence-electron chi connectivity index (χ1n) is 5.04. The third kappa shape index (κ3) is 4.50. The molecule has 0 aliphatic heterocycles. The summed E-state index contributed by atoms with van der Waals surface area (Å²) in [5.41, 5.74) is 0.380. The number of oxime groups is 1. The van der Waals surface area contributed by atoms with E-state index in [-0.39, 0.29) is 0 Å². The van der Waals surface area contributed by atoms with Crippen molar-refractivity contribution in [3.63, 3.8) is 0 Å². The van der Waals surface area contributed by atoms with Crippen molar-refractivity contribution in [2.75, 3.05) is 5.32 Å². The first kappa shape index (κ1) is 13.0. The van der Waals surface area contributed by atoms with Crippen LogP contribution in [-0.4, -0.2) is 28.1 Å². The molecular weight excluding hydrogens is 222 g/mol. The lowest BCUT2D eigenvalue weighted by molar-refractivity contribution is 0.0636. The van der Waals surface area contributed by atoms with Crippen LogP contribution in [0.15, 0.2) is 23.6 Å². The molecule has 0 radical (unpaired) electrons. The highest BCUT2D eigenvalue weighted by molar-refractivity contribution is 5.94. The first-order valence-corrected chi connectivity index (χ1v) is 5.04. The molecule has 0 unspecified atom stereocenters. The zero-order valence-electron chi connectivity index (χ0n) is 9.97. The molecule has 0 saturated heterocycles. The van der Waals surface area contributed by atoms with Gasteiger partial charge < -0.3 is 9.94 Å². The minimum absolute atomic E-state index is 0.416. The number of ether oxygens (including phenoxy) is 1. The fourth-order valence-electron chi connectivity index (χ4n) is 1.10. The van der Waals surface area contributed by atoms with Crippen molar-refractivity contribution in [1.29, 1.82) is 0 Å². The molecule has 92 valence electrons. The molecule has 0 atom stereocenters. The van der Waals surface area contributed by atoms with Crippen LogP contribution in [0.3, 0.4) is 0 Å². The number of hydrogen-bond donors (Lipinski definition) is 2. The molecule has 0 fully saturated rings. The Labute approximate surface area is 99.3 Å². The average molecular weight is 237 g/mol. The summed E-state index contributed by atoms with van der Waals surface area (Å²) in [6, 6.07) is 1.60. The van der Waals surface area contributed by atoms with Crippen LogP contribution in [0.5, 0.6) is 0 Å². The summed E-state index contributed by atoms with van der Waals surface area (Å²) in [6.45, 7) is 5.31. The van der Waals surface area contributed by atoms with Crippen LogP contribution in [-0.2, 0) is 4.74 Å². The molecule has 17 heavy (non-hydrogen) atoms. The molecule has 0 aliphatic rings. The molecule has 1 heterocycles. The number of hydrogen-bond acceptors (Lipinski definition) is 5. The molecule has 6 heteroatoms. The van der Waals surface area contributed by atoms with Crippen LogP contribution in [0, 0.1) is 0 Å². The molecule has 1 rings (SSSR count). The van der Waals surface area contributed by atoms with Crippen molar-refractivity contribution >= 4 is 18.0 Å². The van der Waals surface area contributed by atoms with Crippen molar-refractivity contribution in [3.8, 4) is 0 Å². The van der Waals surface area contributed by atoms with Gasteiger partial charge in [0.1, 0.15) is 5.60 Å². The number of rotatable bonds is 2. The quantitative estimate of drug-likeness (QED) is 0.469. The number of amides is 1. The number of anilines is 1. The smallest absolute Gasteiger partial charge is 0.412 e. The molecule has 0 spiro atoms. The second kappa shape index (κ2) is 5.29. The van der Waals surface area contributed by atoms with Crippen molar-refractivity contribution in [3.05, 3.63) is 24.0 Å². The first-order chi connectivity index (χ1) is 7.92. The number of pyridine rings is 1. The fourth-order valence-corrected chi connectivity index (χ4v) is 1.10. The highest BCUT2D eigenvalue weighted by atomic mass is 16.6. The maximum Gasteiger partial charge on any atom is 0.412 e. The van der Waals surface area contributed by atoms with E-state index in [1.54, 1.807) is 26.8 Å². The van der Waals surface area contributed by atoms with Crippen LogP contribution in [0.25, 0.3) is 0 Å². The highest BCUT2D eigenvalue weighted by Crippen LogP contribution is 2.14. The molecule has 1 aromatic rings. The summed E-state index contributed by atoms with van der Waals surface area (Å²) in [4.78, 5) is 15.4. The topological polar surface area (TPSA) is 83.8 Å². The van der Waals surface area contributed by atoms with Gasteiger partial charge in [0.05, 0.1) is 18.1 Å². The van der Waals surface area contributed by atoms with E-state index in [9.17, 15) is 4.79 Å². The predicted molar refractivity (Wildman–Crippen MR) is 63.5 cm³/mol. The van der Waals surface area contributed by atoms with Gasteiger partial charge in [-0.2, -0.15) is 0 Å². The maximum atomic E-state index is 11.5. The van der Waals surface area contributed by atoms with Crippen LogP contribution < -0.4 is 5.32 Å².